The fourth-order valence-electron chi connectivity index (χ4n) is 1.84. The highest BCUT2D eigenvalue weighted by atomic mass is 35.5. The minimum absolute atomic E-state index is 0.0347. The van der Waals surface area contributed by atoms with Crippen molar-refractivity contribution >= 4 is 45.6 Å². The maximum absolute atomic E-state index is 11.0. The van der Waals surface area contributed by atoms with Crippen LogP contribution in [-0.4, -0.2) is 16.9 Å². The highest BCUT2D eigenvalue weighted by Crippen LogP contribution is 2.29. The molecule has 1 amide bonds. The summed E-state index contributed by atoms with van der Waals surface area (Å²) in [6.07, 6.45) is 1.47. The van der Waals surface area contributed by atoms with Crippen LogP contribution < -0.4 is 16.8 Å². The third kappa shape index (κ3) is 4.71. The maximum Gasteiger partial charge on any atom is 0.223 e. The van der Waals surface area contributed by atoms with Crippen LogP contribution in [0.15, 0.2) is 29.3 Å². The molecule has 1 aromatic heterocycles. The standard InChI is InChI=1S/C14H16ClN5OS/c1-8(21)18-14-20-11(12(15)22-14)7-4-9-2-5-10(6-3-9)19-13(16)17/h2-3,5-6H,4,7H2,1H3,(H4,16,17,19)(H,18,20,21). The van der Waals surface area contributed by atoms with Gasteiger partial charge < -0.3 is 16.8 Å². The molecule has 0 bridgehead atoms. The predicted molar refractivity (Wildman–Crippen MR) is 90.7 cm³/mol. The van der Waals surface area contributed by atoms with Crippen molar-refractivity contribution in [2.24, 2.45) is 16.5 Å². The Morgan fingerprint density at radius 1 is 1.32 bits per heavy atom. The molecule has 2 aromatic rings. The molecule has 0 aliphatic carbocycles. The molecule has 1 aromatic carbocycles. The lowest BCUT2D eigenvalue weighted by Gasteiger charge is -2.01. The van der Waals surface area contributed by atoms with Gasteiger partial charge in [-0.25, -0.2) is 9.98 Å². The van der Waals surface area contributed by atoms with Gasteiger partial charge in [0.25, 0.3) is 0 Å². The van der Waals surface area contributed by atoms with Crippen LogP contribution in [0.2, 0.25) is 4.34 Å². The highest BCUT2D eigenvalue weighted by Gasteiger charge is 2.10. The van der Waals surface area contributed by atoms with Gasteiger partial charge in [0.15, 0.2) is 11.1 Å². The average Bonchev–Trinajstić information content (AvgIpc) is 2.76. The van der Waals surface area contributed by atoms with E-state index in [1.807, 2.05) is 24.3 Å². The average molecular weight is 338 g/mol. The first kappa shape index (κ1) is 16.3. The zero-order chi connectivity index (χ0) is 16.1. The SMILES string of the molecule is CC(=O)Nc1nc(CCc2ccc(N=C(N)N)cc2)c(Cl)s1. The number of nitrogens with one attached hydrogen (secondary N) is 1. The Bertz CT molecular complexity index is 692. The van der Waals surface area contributed by atoms with Crippen LogP contribution in [0.25, 0.3) is 0 Å². The molecule has 0 unspecified atom stereocenters. The number of nitrogens with two attached hydrogens (primary N) is 2. The van der Waals surface area contributed by atoms with E-state index in [2.05, 4.69) is 15.3 Å². The quantitative estimate of drug-likeness (QED) is 0.575. The summed E-state index contributed by atoms with van der Waals surface area (Å²) in [4.78, 5) is 19.3. The van der Waals surface area contributed by atoms with Crippen LogP contribution in [0, 0.1) is 0 Å². The number of hydrogen-bond donors (Lipinski definition) is 3. The Morgan fingerprint density at radius 3 is 2.59 bits per heavy atom. The van der Waals surface area contributed by atoms with Crippen LogP contribution in [0.1, 0.15) is 18.2 Å². The summed E-state index contributed by atoms with van der Waals surface area (Å²) in [5.74, 6) is -0.125. The van der Waals surface area contributed by atoms with Crippen molar-refractivity contribution in [3.8, 4) is 0 Å². The van der Waals surface area contributed by atoms with E-state index in [4.69, 9.17) is 23.1 Å². The molecule has 8 heteroatoms. The number of anilines is 1. The Kier molecular flexibility index (Phi) is 5.35. The summed E-state index contributed by atoms with van der Waals surface area (Å²) in [5, 5.41) is 3.16. The first-order valence-electron chi connectivity index (χ1n) is 6.55. The second-order valence-electron chi connectivity index (χ2n) is 4.62. The molecule has 2 rings (SSSR count). The van der Waals surface area contributed by atoms with Crippen LogP contribution in [0.5, 0.6) is 0 Å². The summed E-state index contributed by atoms with van der Waals surface area (Å²) >= 11 is 7.40. The van der Waals surface area contributed by atoms with Gasteiger partial charge in [0.2, 0.25) is 5.91 Å². The third-order valence-corrected chi connectivity index (χ3v) is 4.03. The molecule has 1 heterocycles. The Hall–Kier alpha value is -2.12. The molecule has 0 atom stereocenters. The summed E-state index contributed by atoms with van der Waals surface area (Å²) in [5.41, 5.74) is 13.3. The summed E-state index contributed by atoms with van der Waals surface area (Å²) in [6.45, 7) is 1.44. The molecule has 6 nitrogen and oxygen atoms in total. The van der Waals surface area contributed by atoms with E-state index < -0.39 is 0 Å². The first-order valence-corrected chi connectivity index (χ1v) is 7.75. The van der Waals surface area contributed by atoms with Crippen LogP contribution in [-0.2, 0) is 17.6 Å². The van der Waals surface area contributed by atoms with Gasteiger partial charge >= 0.3 is 0 Å². The molecule has 0 saturated heterocycles. The van der Waals surface area contributed by atoms with E-state index in [0.717, 1.165) is 17.7 Å². The van der Waals surface area contributed by atoms with Gasteiger partial charge in [-0.1, -0.05) is 35.1 Å². The van der Waals surface area contributed by atoms with E-state index >= 15 is 0 Å². The van der Waals surface area contributed by atoms with E-state index in [1.165, 1.54) is 18.3 Å². The molecule has 5 N–H and O–H groups in total. The first-order chi connectivity index (χ1) is 10.4. The van der Waals surface area contributed by atoms with Crippen molar-refractivity contribution in [2.45, 2.75) is 19.8 Å². The van der Waals surface area contributed by atoms with Gasteiger partial charge in [-0.2, -0.15) is 0 Å². The number of aryl methyl sites for hydroxylation is 2. The van der Waals surface area contributed by atoms with Crippen molar-refractivity contribution in [1.29, 1.82) is 0 Å². The van der Waals surface area contributed by atoms with E-state index in [9.17, 15) is 4.79 Å². The third-order valence-electron chi connectivity index (χ3n) is 2.78. The van der Waals surface area contributed by atoms with Crippen molar-refractivity contribution in [2.75, 3.05) is 5.32 Å². The summed E-state index contributed by atoms with van der Waals surface area (Å²) in [6, 6.07) is 7.61. The molecule has 0 radical (unpaired) electrons. The van der Waals surface area contributed by atoms with Crippen molar-refractivity contribution < 1.29 is 4.79 Å². The highest BCUT2D eigenvalue weighted by molar-refractivity contribution is 7.19. The number of aliphatic imine (C=N–C) groups is 1. The second kappa shape index (κ2) is 7.24. The van der Waals surface area contributed by atoms with Gasteiger partial charge in [0.05, 0.1) is 11.4 Å². The Morgan fingerprint density at radius 2 is 2.00 bits per heavy atom. The number of amides is 1. The Labute approximate surface area is 137 Å². The fraction of sp³-hybridized carbons (Fsp3) is 0.214. The van der Waals surface area contributed by atoms with Gasteiger partial charge in [-0.3, -0.25) is 4.79 Å². The molecule has 0 spiro atoms. The van der Waals surface area contributed by atoms with Gasteiger partial charge in [-0.05, 0) is 30.5 Å². The number of halogens is 1. The number of carbonyl (C=O) groups excluding carboxylic acids is 1. The lowest BCUT2D eigenvalue weighted by atomic mass is 10.1. The number of thiazole rings is 1. The number of nitrogens with zero attached hydrogens (tertiary/aromatic N) is 2. The van der Waals surface area contributed by atoms with Gasteiger partial charge in [0, 0.05) is 6.92 Å². The smallest absolute Gasteiger partial charge is 0.223 e. The Balaban J connectivity index is 1.99. The predicted octanol–water partition coefficient (Wildman–Crippen LogP) is 2.45. The molecule has 22 heavy (non-hydrogen) atoms. The number of benzene rings is 1. The second-order valence-corrected chi connectivity index (χ2v) is 6.22. The van der Waals surface area contributed by atoms with Crippen molar-refractivity contribution in [3.63, 3.8) is 0 Å². The zero-order valence-corrected chi connectivity index (χ0v) is 13.5. The van der Waals surface area contributed by atoms with Crippen molar-refractivity contribution in [3.05, 3.63) is 39.9 Å². The van der Waals surface area contributed by atoms with Gasteiger partial charge in [-0.15, -0.1) is 0 Å². The number of hydrogen-bond acceptors (Lipinski definition) is 4. The number of carbonyl (C=O) groups is 1. The zero-order valence-electron chi connectivity index (χ0n) is 12.0. The monoisotopic (exact) mass is 337 g/mol. The topological polar surface area (TPSA) is 106 Å². The lowest BCUT2D eigenvalue weighted by molar-refractivity contribution is -0.114. The number of rotatable bonds is 5. The van der Waals surface area contributed by atoms with Gasteiger partial charge in [0.1, 0.15) is 4.34 Å². The molecule has 0 aliphatic rings. The van der Waals surface area contributed by atoms with Crippen LogP contribution in [0.3, 0.4) is 0 Å². The van der Waals surface area contributed by atoms with E-state index in [1.54, 1.807) is 0 Å². The van der Waals surface area contributed by atoms with E-state index in [-0.39, 0.29) is 11.9 Å². The molecular formula is C14H16ClN5OS. The van der Waals surface area contributed by atoms with Crippen LogP contribution in [0.4, 0.5) is 10.8 Å². The molecule has 0 aliphatic heterocycles. The molecule has 116 valence electrons. The normalized spacial score (nSPS) is 10.3. The maximum atomic E-state index is 11.0. The molecule has 0 saturated carbocycles. The van der Waals surface area contributed by atoms with E-state index in [0.29, 0.717) is 21.6 Å². The lowest BCUT2D eigenvalue weighted by Crippen LogP contribution is -2.21. The minimum atomic E-state index is -0.160. The number of guanidine groups is 1. The summed E-state index contributed by atoms with van der Waals surface area (Å²) < 4.78 is 0.598. The summed E-state index contributed by atoms with van der Waals surface area (Å²) in [7, 11) is 0. The molecular weight excluding hydrogens is 322 g/mol. The molecule has 0 fully saturated rings. The van der Waals surface area contributed by atoms with Crippen molar-refractivity contribution in [1.82, 2.24) is 4.98 Å². The fourth-order valence-corrected chi connectivity index (χ4v) is 2.98. The minimum Gasteiger partial charge on any atom is -0.370 e. The number of aromatic nitrogens is 1. The largest absolute Gasteiger partial charge is 0.370 e. The van der Waals surface area contributed by atoms with Crippen LogP contribution >= 0.6 is 22.9 Å².